The Labute approximate surface area is 127 Å². The van der Waals surface area contributed by atoms with Gasteiger partial charge in [0.1, 0.15) is 8.24 Å². The first-order valence-electron chi connectivity index (χ1n) is 8.13. The predicted molar refractivity (Wildman–Crippen MR) is 89.0 cm³/mol. The van der Waals surface area contributed by atoms with Crippen LogP contribution in [0.1, 0.15) is 48.5 Å². The number of hydrogen-bond donors (Lipinski definition) is 0. The fraction of sp³-hybridized carbons (Fsp3) is 0.938. The molecule has 116 valence electrons. The van der Waals surface area contributed by atoms with Crippen LogP contribution in [0, 0.1) is 17.2 Å². The molecule has 4 heteroatoms. The average molecular weight is 296 g/mol. The van der Waals surface area contributed by atoms with Crippen molar-refractivity contribution in [2.75, 3.05) is 26.3 Å². The molecule has 0 saturated carbocycles. The van der Waals surface area contributed by atoms with E-state index in [0.29, 0.717) is 0 Å². The molecule has 0 radical (unpaired) electrons. The van der Waals surface area contributed by atoms with E-state index in [4.69, 9.17) is 5.26 Å². The van der Waals surface area contributed by atoms with Gasteiger partial charge in [0.15, 0.2) is 0 Å². The van der Waals surface area contributed by atoms with Crippen molar-refractivity contribution < 1.29 is 0 Å². The second kappa shape index (κ2) is 7.06. The Morgan fingerprint density at radius 3 is 1.85 bits per heavy atom. The van der Waals surface area contributed by atoms with Gasteiger partial charge in [-0.1, -0.05) is 41.5 Å². The van der Waals surface area contributed by atoms with Gasteiger partial charge in [-0.3, -0.25) is 4.90 Å². The van der Waals surface area contributed by atoms with Crippen LogP contribution in [-0.4, -0.2) is 44.0 Å². The van der Waals surface area contributed by atoms with Crippen LogP contribution in [0.2, 0.25) is 16.6 Å². The van der Waals surface area contributed by atoms with Crippen molar-refractivity contribution in [3.8, 4) is 6.07 Å². The Kier molecular flexibility index (Phi) is 6.24. The maximum absolute atomic E-state index is 9.00. The molecule has 1 aliphatic heterocycles. The van der Waals surface area contributed by atoms with Gasteiger partial charge >= 0.3 is 0 Å². The molecule has 1 aliphatic rings. The molecule has 20 heavy (non-hydrogen) atoms. The van der Waals surface area contributed by atoms with Gasteiger partial charge in [0, 0.05) is 26.3 Å². The molecule has 0 aromatic heterocycles. The van der Waals surface area contributed by atoms with Crippen molar-refractivity contribution in [2.24, 2.45) is 5.92 Å². The maximum Gasteiger partial charge on any atom is 0.137 e. The smallest absolute Gasteiger partial charge is 0.137 e. The van der Waals surface area contributed by atoms with Gasteiger partial charge in [0.25, 0.3) is 0 Å². The standard InChI is InChI=1S/C16H33N3Si/c1-13(2)20(14(3)4,15(5)6)19-9-8-18(12-19)11-16(7)10-17/h13-16H,8-9,11-12H2,1-7H3. The van der Waals surface area contributed by atoms with E-state index < -0.39 is 8.24 Å². The zero-order chi connectivity index (χ0) is 15.5. The van der Waals surface area contributed by atoms with Crippen molar-refractivity contribution in [1.29, 1.82) is 5.26 Å². The van der Waals surface area contributed by atoms with E-state index >= 15 is 0 Å². The highest BCUT2D eigenvalue weighted by atomic mass is 28.3. The molecule has 0 N–H and O–H groups in total. The third-order valence-electron chi connectivity index (χ3n) is 5.13. The largest absolute Gasteiger partial charge is 0.309 e. The lowest BCUT2D eigenvalue weighted by atomic mass is 10.2. The minimum atomic E-state index is -1.49. The van der Waals surface area contributed by atoms with E-state index in [1.165, 1.54) is 6.54 Å². The Bertz CT molecular complexity index is 324. The monoisotopic (exact) mass is 295 g/mol. The van der Waals surface area contributed by atoms with Gasteiger partial charge in [-0.15, -0.1) is 0 Å². The van der Waals surface area contributed by atoms with E-state index in [1.54, 1.807) is 0 Å². The van der Waals surface area contributed by atoms with Crippen LogP contribution in [0.25, 0.3) is 0 Å². The lowest BCUT2D eigenvalue weighted by Crippen LogP contribution is -2.59. The first kappa shape index (κ1) is 17.7. The normalized spacial score (nSPS) is 20.1. The number of hydrogen-bond acceptors (Lipinski definition) is 3. The third-order valence-corrected chi connectivity index (χ3v) is 12.1. The summed E-state index contributed by atoms with van der Waals surface area (Å²) in [6, 6.07) is 2.36. The summed E-state index contributed by atoms with van der Waals surface area (Å²) in [4.78, 5) is 2.47. The molecule has 1 fully saturated rings. The van der Waals surface area contributed by atoms with E-state index in [9.17, 15) is 0 Å². The van der Waals surface area contributed by atoms with Gasteiger partial charge in [-0.2, -0.15) is 5.26 Å². The summed E-state index contributed by atoms with van der Waals surface area (Å²) < 4.78 is 2.82. The summed E-state index contributed by atoms with van der Waals surface area (Å²) in [5.74, 6) is 0.142. The summed E-state index contributed by atoms with van der Waals surface area (Å²) in [6.07, 6.45) is 0. The first-order chi connectivity index (χ1) is 9.26. The zero-order valence-corrected chi connectivity index (χ0v) is 15.5. The summed E-state index contributed by atoms with van der Waals surface area (Å²) in [7, 11) is -1.49. The molecule has 0 bridgehead atoms. The fourth-order valence-corrected chi connectivity index (χ4v) is 11.8. The lowest BCUT2D eigenvalue weighted by Gasteiger charge is -2.49. The molecule has 1 heterocycles. The zero-order valence-electron chi connectivity index (χ0n) is 14.5. The van der Waals surface area contributed by atoms with Gasteiger partial charge < -0.3 is 4.57 Å². The summed E-state index contributed by atoms with van der Waals surface area (Å²) in [6.45, 7) is 20.9. The second-order valence-electron chi connectivity index (χ2n) is 7.36. The van der Waals surface area contributed by atoms with Crippen LogP contribution in [0.15, 0.2) is 0 Å². The van der Waals surface area contributed by atoms with E-state index in [0.717, 1.165) is 36.4 Å². The Morgan fingerprint density at radius 1 is 0.950 bits per heavy atom. The van der Waals surface area contributed by atoms with E-state index in [2.05, 4.69) is 57.1 Å². The van der Waals surface area contributed by atoms with Crippen LogP contribution in [0.3, 0.4) is 0 Å². The highest BCUT2D eigenvalue weighted by Crippen LogP contribution is 2.44. The summed E-state index contributed by atoms with van der Waals surface area (Å²) in [5.41, 5.74) is 2.32. The molecule has 0 aromatic rings. The molecule has 0 aliphatic carbocycles. The van der Waals surface area contributed by atoms with E-state index in [-0.39, 0.29) is 5.92 Å². The molecule has 1 rings (SSSR count). The number of nitrogens with zero attached hydrogens (tertiary/aromatic N) is 3. The van der Waals surface area contributed by atoms with Gasteiger partial charge in [0.05, 0.1) is 12.0 Å². The molecule has 0 amide bonds. The van der Waals surface area contributed by atoms with Crippen molar-refractivity contribution in [3.05, 3.63) is 0 Å². The number of nitriles is 1. The van der Waals surface area contributed by atoms with Gasteiger partial charge in [0.2, 0.25) is 0 Å². The van der Waals surface area contributed by atoms with E-state index in [1.807, 2.05) is 6.92 Å². The molecule has 1 atom stereocenters. The first-order valence-corrected chi connectivity index (χ1v) is 10.3. The van der Waals surface area contributed by atoms with Gasteiger partial charge in [-0.05, 0) is 23.5 Å². The van der Waals surface area contributed by atoms with Crippen LogP contribution >= 0.6 is 0 Å². The minimum absolute atomic E-state index is 0.142. The minimum Gasteiger partial charge on any atom is -0.309 e. The fourth-order valence-electron chi connectivity index (χ4n) is 4.63. The third kappa shape index (κ3) is 3.27. The summed E-state index contributed by atoms with van der Waals surface area (Å²) >= 11 is 0. The molecule has 3 nitrogen and oxygen atoms in total. The topological polar surface area (TPSA) is 30.3 Å². The highest BCUT2D eigenvalue weighted by molar-refractivity contribution is 6.81. The average Bonchev–Trinajstić information content (AvgIpc) is 2.76. The molecular weight excluding hydrogens is 262 g/mol. The molecule has 0 aromatic carbocycles. The lowest BCUT2D eigenvalue weighted by molar-refractivity contribution is 0.277. The highest BCUT2D eigenvalue weighted by Gasteiger charge is 2.49. The van der Waals surface area contributed by atoms with Crippen LogP contribution in [0.4, 0.5) is 0 Å². The molecular formula is C16H33N3Si. The van der Waals surface area contributed by atoms with Crippen LogP contribution in [-0.2, 0) is 0 Å². The molecule has 1 saturated heterocycles. The van der Waals surface area contributed by atoms with Crippen molar-refractivity contribution in [1.82, 2.24) is 9.47 Å². The molecule has 0 spiro atoms. The van der Waals surface area contributed by atoms with Crippen LogP contribution in [0.5, 0.6) is 0 Å². The Hall–Kier alpha value is -0.373. The Balaban J connectivity index is 2.88. The van der Waals surface area contributed by atoms with Crippen LogP contribution < -0.4 is 0 Å². The summed E-state index contributed by atoms with van der Waals surface area (Å²) in [5, 5.41) is 9.00. The van der Waals surface area contributed by atoms with Crippen molar-refractivity contribution >= 4 is 8.24 Å². The van der Waals surface area contributed by atoms with Crippen molar-refractivity contribution in [3.63, 3.8) is 0 Å². The molecule has 1 unspecified atom stereocenters. The van der Waals surface area contributed by atoms with Crippen molar-refractivity contribution in [2.45, 2.75) is 65.1 Å². The Morgan fingerprint density at radius 2 is 1.45 bits per heavy atom. The quantitative estimate of drug-likeness (QED) is 0.696. The second-order valence-corrected chi connectivity index (χ2v) is 13.2. The maximum atomic E-state index is 9.00. The number of rotatable bonds is 6. The predicted octanol–water partition coefficient (Wildman–Crippen LogP) is 3.90. The van der Waals surface area contributed by atoms with Gasteiger partial charge in [-0.25, -0.2) is 0 Å². The SMILES string of the molecule is CC(C#N)CN1CCN([Si](C(C)C)(C(C)C)C(C)C)C1.